The van der Waals surface area contributed by atoms with Gasteiger partial charge < -0.3 is 5.73 Å². The summed E-state index contributed by atoms with van der Waals surface area (Å²) < 4.78 is 0. The number of nitrogens with one attached hydrogen (secondary N) is 1. The molecule has 0 aliphatic carbocycles. The highest BCUT2D eigenvalue weighted by Gasteiger charge is 2.08. The maximum absolute atomic E-state index is 7.27. The largest absolute Gasteiger partial charge is 0.383 e. The molecule has 0 saturated carbocycles. The van der Waals surface area contributed by atoms with Crippen LogP contribution in [0.5, 0.6) is 0 Å². The van der Waals surface area contributed by atoms with Gasteiger partial charge in [-0.05, 0) is 19.8 Å². The third kappa shape index (κ3) is 1.82. The summed E-state index contributed by atoms with van der Waals surface area (Å²) in [4.78, 5) is 5.14. The maximum Gasteiger partial charge on any atom is 0.135 e. The van der Waals surface area contributed by atoms with Crippen molar-refractivity contribution in [2.75, 3.05) is 0 Å². The van der Waals surface area contributed by atoms with E-state index in [1.807, 2.05) is 6.92 Å². The molecule has 0 aliphatic heterocycles. The smallest absolute Gasteiger partial charge is 0.135 e. The predicted octanol–water partition coefficient (Wildman–Crippen LogP) is 1.69. The van der Waals surface area contributed by atoms with Crippen molar-refractivity contribution in [3.63, 3.8) is 0 Å². The van der Waals surface area contributed by atoms with Crippen LogP contribution in [0.4, 0.5) is 0 Å². The lowest BCUT2D eigenvalue weighted by Crippen LogP contribution is -2.10. The zero-order valence-corrected chi connectivity index (χ0v) is 8.16. The minimum Gasteiger partial charge on any atom is -0.383 e. The Bertz CT molecular complexity index is 290. The molecule has 12 heavy (non-hydrogen) atoms. The van der Waals surface area contributed by atoms with E-state index in [1.54, 1.807) is 0 Å². The Labute approximate surface area is 76.1 Å². The third-order valence-corrected chi connectivity index (χ3v) is 2.80. The van der Waals surface area contributed by atoms with E-state index >= 15 is 0 Å². The highest BCUT2D eigenvalue weighted by molar-refractivity contribution is 7.13. The second kappa shape index (κ2) is 3.67. The summed E-state index contributed by atoms with van der Waals surface area (Å²) in [6, 6.07) is 0. The Morgan fingerprint density at radius 3 is 2.75 bits per heavy atom. The zero-order chi connectivity index (χ0) is 9.14. The van der Waals surface area contributed by atoms with E-state index in [0.29, 0.717) is 0 Å². The highest BCUT2D eigenvalue weighted by atomic mass is 32.1. The Morgan fingerprint density at radius 2 is 2.33 bits per heavy atom. The van der Waals surface area contributed by atoms with E-state index in [-0.39, 0.29) is 5.84 Å². The lowest BCUT2D eigenvalue weighted by atomic mass is 10.3. The fourth-order valence-electron chi connectivity index (χ4n) is 1.02. The number of rotatable bonds is 3. The Hall–Kier alpha value is -0.900. The number of aromatic nitrogens is 1. The first kappa shape index (κ1) is 9.19. The van der Waals surface area contributed by atoms with Crippen LogP contribution in [-0.2, 0) is 6.42 Å². The predicted molar refractivity (Wildman–Crippen MR) is 51.9 cm³/mol. The molecule has 0 atom stereocenters. The number of hydrogen-bond donors (Lipinski definition) is 2. The quantitative estimate of drug-likeness (QED) is 0.553. The number of amidine groups is 1. The molecule has 1 aromatic rings. The molecule has 0 saturated heterocycles. The summed E-state index contributed by atoms with van der Waals surface area (Å²) in [5.74, 6) is 0.132. The number of hydrogen-bond acceptors (Lipinski definition) is 3. The van der Waals surface area contributed by atoms with Crippen LogP contribution in [0, 0.1) is 12.3 Å². The van der Waals surface area contributed by atoms with Crippen molar-refractivity contribution in [3.05, 3.63) is 15.6 Å². The molecular weight excluding hydrogens is 170 g/mol. The minimum atomic E-state index is 0.132. The third-order valence-electron chi connectivity index (χ3n) is 1.55. The van der Waals surface area contributed by atoms with Crippen molar-refractivity contribution in [2.24, 2.45) is 5.73 Å². The molecule has 0 aromatic carbocycles. The van der Waals surface area contributed by atoms with Gasteiger partial charge in [0.2, 0.25) is 0 Å². The molecule has 1 rings (SSSR count). The number of nitrogens with zero attached hydrogens (tertiary/aromatic N) is 1. The van der Waals surface area contributed by atoms with Gasteiger partial charge in [-0.3, -0.25) is 5.41 Å². The first-order valence-electron chi connectivity index (χ1n) is 3.95. The van der Waals surface area contributed by atoms with Crippen LogP contribution >= 0.6 is 11.3 Å². The van der Waals surface area contributed by atoms with Crippen LogP contribution in [0.1, 0.15) is 28.9 Å². The van der Waals surface area contributed by atoms with Crippen molar-refractivity contribution >= 4 is 17.2 Å². The van der Waals surface area contributed by atoms with Crippen LogP contribution in [0.25, 0.3) is 0 Å². The monoisotopic (exact) mass is 183 g/mol. The van der Waals surface area contributed by atoms with Crippen molar-refractivity contribution < 1.29 is 0 Å². The molecule has 4 heteroatoms. The van der Waals surface area contributed by atoms with E-state index in [2.05, 4.69) is 11.9 Å². The first-order chi connectivity index (χ1) is 5.65. The van der Waals surface area contributed by atoms with Gasteiger partial charge in [-0.2, -0.15) is 0 Å². The molecule has 1 heterocycles. The molecule has 3 nitrogen and oxygen atoms in total. The van der Waals surface area contributed by atoms with Crippen LogP contribution in [0.3, 0.4) is 0 Å². The van der Waals surface area contributed by atoms with Crippen LogP contribution in [0.2, 0.25) is 0 Å². The van der Waals surface area contributed by atoms with Crippen LogP contribution < -0.4 is 5.73 Å². The molecule has 0 fully saturated rings. The number of nitrogens with two attached hydrogens (primary N) is 1. The van der Waals surface area contributed by atoms with Crippen LogP contribution in [0.15, 0.2) is 0 Å². The molecule has 3 N–H and O–H groups in total. The fraction of sp³-hybridized carbons (Fsp3) is 0.500. The number of aryl methyl sites for hydroxylation is 2. The lowest BCUT2D eigenvalue weighted by Gasteiger charge is -1.90. The van der Waals surface area contributed by atoms with E-state index in [9.17, 15) is 0 Å². The van der Waals surface area contributed by atoms with Gasteiger partial charge in [0.1, 0.15) is 5.84 Å². The molecule has 0 spiro atoms. The Kier molecular flexibility index (Phi) is 2.81. The second-order valence-electron chi connectivity index (χ2n) is 2.69. The van der Waals surface area contributed by atoms with E-state index in [1.165, 1.54) is 11.3 Å². The normalized spacial score (nSPS) is 10.2. The zero-order valence-electron chi connectivity index (χ0n) is 7.35. The summed E-state index contributed by atoms with van der Waals surface area (Å²) in [6.07, 6.45) is 2.07. The molecule has 66 valence electrons. The molecule has 1 aromatic heterocycles. The van der Waals surface area contributed by atoms with Gasteiger partial charge in [-0.1, -0.05) is 6.92 Å². The summed E-state index contributed by atoms with van der Waals surface area (Å²) >= 11 is 1.53. The van der Waals surface area contributed by atoms with Gasteiger partial charge in [0, 0.05) is 0 Å². The molecular formula is C8H13N3S. The van der Waals surface area contributed by atoms with E-state index in [0.717, 1.165) is 28.4 Å². The SMILES string of the molecule is CCCc1nc(C)c(C(=N)N)s1. The first-order valence-corrected chi connectivity index (χ1v) is 4.77. The average Bonchev–Trinajstić information content (AvgIpc) is 2.32. The van der Waals surface area contributed by atoms with Gasteiger partial charge in [-0.25, -0.2) is 4.98 Å². The van der Waals surface area contributed by atoms with Gasteiger partial charge in [0.25, 0.3) is 0 Å². The topological polar surface area (TPSA) is 62.8 Å². The van der Waals surface area contributed by atoms with E-state index < -0.39 is 0 Å². The van der Waals surface area contributed by atoms with Crippen LogP contribution in [-0.4, -0.2) is 10.8 Å². The number of nitrogen functional groups attached to an aromatic ring is 1. The summed E-state index contributed by atoms with van der Waals surface area (Å²) in [7, 11) is 0. The van der Waals surface area contributed by atoms with Gasteiger partial charge >= 0.3 is 0 Å². The number of thiazole rings is 1. The molecule has 0 amide bonds. The minimum absolute atomic E-state index is 0.132. The fourth-order valence-corrected chi connectivity index (χ4v) is 2.05. The van der Waals surface area contributed by atoms with Crippen molar-refractivity contribution in [2.45, 2.75) is 26.7 Å². The van der Waals surface area contributed by atoms with E-state index in [4.69, 9.17) is 11.1 Å². The molecule has 0 bridgehead atoms. The Balaban J connectivity index is 2.92. The highest BCUT2D eigenvalue weighted by Crippen LogP contribution is 2.18. The summed E-state index contributed by atoms with van der Waals surface area (Å²) in [5.41, 5.74) is 6.26. The standard InChI is InChI=1S/C8H13N3S/c1-3-4-6-11-5(2)7(12-6)8(9)10/h3-4H2,1-2H3,(H3,9,10). The average molecular weight is 183 g/mol. The van der Waals surface area contributed by atoms with Gasteiger partial charge in [0.15, 0.2) is 0 Å². The summed E-state index contributed by atoms with van der Waals surface area (Å²) in [5, 5.41) is 8.35. The van der Waals surface area contributed by atoms with Crippen molar-refractivity contribution in [1.82, 2.24) is 4.98 Å². The van der Waals surface area contributed by atoms with Gasteiger partial charge in [-0.15, -0.1) is 11.3 Å². The van der Waals surface area contributed by atoms with Crippen molar-refractivity contribution in [3.8, 4) is 0 Å². The lowest BCUT2D eigenvalue weighted by molar-refractivity contribution is 0.903. The molecule has 0 unspecified atom stereocenters. The van der Waals surface area contributed by atoms with Gasteiger partial charge in [0.05, 0.1) is 15.6 Å². The molecule has 0 aliphatic rings. The molecule has 0 radical (unpaired) electrons. The van der Waals surface area contributed by atoms with Crippen molar-refractivity contribution in [1.29, 1.82) is 5.41 Å². The maximum atomic E-state index is 7.27. The summed E-state index contributed by atoms with van der Waals surface area (Å²) in [6.45, 7) is 4.01. The Morgan fingerprint density at radius 1 is 1.67 bits per heavy atom. The second-order valence-corrected chi connectivity index (χ2v) is 3.77.